The van der Waals surface area contributed by atoms with E-state index < -0.39 is 22.0 Å². The molecule has 0 fully saturated rings. The minimum absolute atomic E-state index is 0.0337. The van der Waals surface area contributed by atoms with E-state index in [1.165, 1.54) is 18.2 Å². The third-order valence-electron chi connectivity index (χ3n) is 8.71. The third-order valence-corrected chi connectivity index (χ3v) is 10.1. The van der Waals surface area contributed by atoms with Crippen molar-refractivity contribution in [1.82, 2.24) is 9.80 Å². The number of benzene rings is 3. The smallest absolute Gasteiger partial charge is 0.261 e. The average Bonchev–Trinajstić information content (AvgIpc) is 3.06. The number of likely N-dealkylation sites (N-methyl/N-ethyl adjacent to an activating group) is 1. The highest BCUT2D eigenvalue weighted by molar-refractivity contribution is 7.92. The average molecular weight is 680 g/mol. The second kappa shape index (κ2) is 16.9. The van der Waals surface area contributed by atoms with E-state index in [1.54, 1.807) is 48.0 Å². The molecular formula is C37H49N3O7S. The summed E-state index contributed by atoms with van der Waals surface area (Å²) in [5.41, 5.74) is 2.26. The standard InChI is InChI=1S/C37H49N3O7S/c1-26-14-17-32(18-15-26)48(44,45)38-31-16-19-34-33(22-31)37(43)40(28(3)25-41)23-27(2)35(46-20-10-9-11-29(4)47-34)24-39(5)36(42)21-30-12-7-6-8-13-30/h6-8,12-19,22,27-29,35,38,41H,9-11,20-21,23-25H2,1-5H3/t27-,28-,29-,35+/m1/s1. The SMILES string of the molecule is Cc1ccc(S(=O)(=O)Nc2ccc3c(c2)C(=O)N([C@H](C)CO)C[C@@H](C)[C@H](CN(C)C(=O)Cc2ccccc2)OCCCC[C@@H](C)O3)cc1. The summed E-state index contributed by atoms with van der Waals surface area (Å²) in [6, 6.07) is 20.2. The van der Waals surface area contributed by atoms with Crippen LogP contribution in [0, 0.1) is 12.8 Å². The highest BCUT2D eigenvalue weighted by Gasteiger charge is 2.31. The van der Waals surface area contributed by atoms with E-state index in [0.717, 1.165) is 24.0 Å². The van der Waals surface area contributed by atoms with Gasteiger partial charge in [-0.15, -0.1) is 0 Å². The molecule has 3 aromatic carbocycles. The number of aryl methyl sites for hydroxylation is 1. The Bertz CT molecular complexity index is 1620. The van der Waals surface area contributed by atoms with Gasteiger partial charge in [-0.3, -0.25) is 14.3 Å². The van der Waals surface area contributed by atoms with Crippen LogP contribution in [0.3, 0.4) is 0 Å². The summed E-state index contributed by atoms with van der Waals surface area (Å²) in [6.45, 7) is 8.31. The van der Waals surface area contributed by atoms with Gasteiger partial charge in [-0.05, 0) is 75.9 Å². The molecule has 1 heterocycles. The quantitative estimate of drug-likeness (QED) is 0.315. The lowest BCUT2D eigenvalue weighted by atomic mass is 10.0. The normalized spacial score (nSPS) is 20.2. The molecule has 0 radical (unpaired) electrons. The van der Waals surface area contributed by atoms with E-state index in [1.807, 2.05) is 51.1 Å². The first kappa shape index (κ1) is 36.9. The zero-order chi connectivity index (χ0) is 34.8. The fourth-order valence-corrected chi connectivity index (χ4v) is 6.71. The first-order valence-corrected chi connectivity index (χ1v) is 18.1. The lowest BCUT2D eigenvalue weighted by molar-refractivity contribution is -0.131. The molecule has 4 rings (SSSR count). The third kappa shape index (κ3) is 10.0. The topological polar surface area (TPSA) is 125 Å². The van der Waals surface area contributed by atoms with Gasteiger partial charge in [0.05, 0.1) is 41.7 Å². The van der Waals surface area contributed by atoms with E-state index >= 15 is 0 Å². The van der Waals surface area contributed by atoms with Crippen molar-refractivity contribution in [3.8, 4) is 5.75 Å². The van der Waals surface area contributed by atoms with Crippen LogP contribution in [0.4, 0.5) is 5.69 Å². The Balaban J connectivity index is 1.63. The monoisotopic (exact) mass is 679 g/mol. The van der Waals surface area contributed by atoms with Crippen LogP contribution in [-0.4, -0.2) is 86.7 Å². The van der Waals surface area contributed by atoms with E-state index in [9.17, 15) is 23.1 Å². The number of carbonyl (C=O) groups is 2. The molecule has 0 bridgehead atoms. The van der Waals surface area contributed by atoms with Crippen LogP contribution >= 0.6 is 0 Å². The van der Waals surface area contributed by atoms with Crippen molar-refractivity contribution in [2.24, 2.45) is 5.92 Å². The van der Waals surface area contributed by atoms with Crippen LogP contribution in [0.5, 0.6) is 5.75 Å². The Morgan fingerprint density at radius 1 is 1.06 bits per heavy atom. The summed E-state index contributed by atoms with van der Waals surface area (Å²) in [5.74, 6) is -0.325. The summed E-state index contributed by atoms with van der Waals surface area (Å²) >= 11 is 0. The summed E-state index contributed by atoms with van der Waals surface area (Å²) in [7, 11) is -2.16. The van der Waals surface area contributed by atoms with Gasteiger partial charge in [0.15, 0.2) is 0 Å². The lowest BCUT2D eigenvalue weighted by Gasteiger charge is -2.36. The number of sulfonamides is 1. The summed E-state index contributed by atoms with van der Waals surface area (Å²) in [5, 5.41) is 10.2. The predicted molar refractivity (Wildman–Crippen MR) is 187 cm³/mol. The molecule has 3 aromatic rings. The number of hydrogen-bond acceptors (Lipinski definition) is 7. The predicted octanol–water partition coefficient (Wildman–Crippen LogP) is 5.29. The Kier molecular flexibility index (Phi) is 13.0. The molecule has 1 aliphatic heterocycles. The summed E-state index contributed by atoms with van der Waals surface area (Å²) < 4.78 is 41.7. The number of amides is 2. The molecule has 0 spiro atoms. The van der Waals surface area contributed by atoms with Crippen LogP contribution in [0.2, 0.25) is 0 Å². The van der Waals surface area contributed by atoms with Crippen molar-refractivity contribution in [3.63, 3.8) is 0 Å². The van der Waals surface area contributed by atoms with Gasteiger partial charge >= 0.3 is 0 Å². The van der Waals surface area contributed by atoms with Crippen molar-refractivity contribution in [3.05, 3.63) is 89.5 Å². The van der Waals surface area contributed by atoms with E-state index in [4.69, 9.17) is 9.47 Å². The number of fused-ring (bicyclic) bond motifs is 1. The van der Waals surface area contributed by atoms with Gasteiger partial charge in [0, 0.05) is 38.3 Å². The number of nitrogens with zero attached hydrogens (tertiary/aromatic N) is 2. The summed E-state index contributed by atoms with van der Waals surface area (Å²) in [4.78, 5) is 30.9. The first-order chi connectivity index (χ1) is 22.9. The number of nitrogens with one attached hydrogen (secondary N) is 1. The highest BCUT2D eigenvalue weighted by atomic mass is 32.2. The summed E-state index contributed by atoms with van der Waals surface area (Å²) in [6.07, 6.45) is 2.01. The van der Waals surface area contributed by atoms with Gasteiger partial charge in [0.25, 0.3) is 15.9 Å². The van der Waals surface area contributed by atoms with Gasteiger partial charge in [-0.1, -0.05) is 55.0 Å². The van der Waals surface area contributed by atoms with Crippen molar-refractivity contribution in [1.29, 1.82) is 0 Å². The van der Waals surface area contributed by atoms with Gasteiger partial charge in [-0.2, -0.15) is 0 Å². The second-order valence-corrected chi connectivity index (χ2v) is 14.5. The van der Waals surface area contributed by atoms with Crippen LogP contribution in [0.1, 0.15) is 61.5 Å². The molecule has 1 aliphatic rings. The Morgan fingerprint density at radius 2 is 1.77 bits per heavy atom. The largest absolute Gasteiger partial charge is 0.490 e. The Hall–Kier alpha value is -3.93. The van der Waals surface area contributed by atoms with E-state index in [2.05, 4.69) is 4.72 Å². The minimum Gasteiger partial charge on any atom is -0.490 e. The fourth-order valence-electron chi connectivity index (χ4n) is 5.66. The lowest BCUT2D eigenvalue weighted by Crippen LogP contribution is -2.48. The number of carbonyl (C=O) groups excluding carboxylic acids is 2. The number of aliphatic hydroxyl groups excluding tert-OH is 1. The maximum absolute atomic E-state index is 14.4. The van der Waals surface area contributed by atoms with E-state index in [-0.39, 0.29) is 59.8 Å². The molecule has 0 aromatic heterocycles. The molecule has 0 saturated heterocycles. The van der Waals surface area contributed by atoms with Crippen molar-refractivity contribution < 1.29 is 32.6 Å². The molecule has 0 saturated carbocycles. The van der Waals surface area contributed by atoms with Crippen molar-refractivity contribution >= 4 is 27.5 Å². The van der Waals surface area contributed by atoms with E-state index in [0.29, 0.717) is 25.3 Å². The maximum atomic E-state index is 14.4. The molecule has 2 amide bonds. The number of rotatable bonds is 9. The van der Waals surface area contributed by atoms with Gasteiger partial charge < -0.3 is 24.4 Å². The zero-order valence-electron chi connectivity index (χ0n) is 28.6. The fraction of sp³-hybridized carbons (Fsp3) is 0.459. The Morgan fingerprint density at radius 3 is 2.46 bits per heavy atom. The first-order valence-electron chi connectivity index (χ1n) is 16.6. The Labute approximate surface area is 285 Å². The second-order valence-electron chi connectivity index (χ2n) is 12.9. The van der Waals surface area contributed by atoms with Crippen molar-refractivity contribution in [2.75, 3.05) is 38.1 Å². The van der Waals surface area contributed by atoms with Crippen LogP contribution in [0.25, 0.3) is 0 Å². The molecule has 4 atom stereocenters. The maximum Gasteiger partial charge on any atom is 0.261 e. The number of aliphatic hydroxyl groups is 1. The van der Waals surface area contributed by atoms with Gasteiger partial charge in [-0.25, -0.2) is 8.42 Å². The molecule has 0 unspecified atom stereocenters. The highest BCUT2D eigenvalue weighted by Crippen LogP contribution is 2.29. The molecule has 260 valence electrons. The number of ether oxygens (including phenoxy) is 2. The number of anilines is 1. The molecule has 11 heteroatoms. The molecule has 0 aliphatic carbocycles. The molecule has 10 nitrogen and oxygen atoms in total. The van der Waals surface area contributed by atoms with Crippen LogP contribution in [-0.2, 0) is 26.0 Å². The molecule has 48 heavy (non-hydrogen) atoms. The van der Waals surface area contributed by atoms with Crippen molar-refractivity contribution in [2.45, 2.75) is 76.5 Å². The van der Waals surface area contributed by atoms with Crippen LogP contribution in [0.15, 0.2) is 77.7 Å². The van der Waals surface area contributed by atoms with Crippen LogP contribution < -0.4 is 9.46 Å². The molecule has 2 N–H and O–H groups in total. The zero-order valence-corrected chi connectivity index (χ0v) is 29.4. The van der Waals surface area contributed by atoms with Gasteiger partial charge in [0.2, 0.25) is 5.91 Å². The molecular weight excluding hydrogens is 630 g/mol. The van der Waals surface area contributed by atoms with Gasteiger partial charge in [0.1, 0.15) is 5.75 Å². The number of hydrogen-bond donors (Lipinski definition) is 2. The minimum atomic E-state index is -3.93.